The van der Waals surface area contributed by atoms with Crippen LogP contribution in [0.4, 0.5) is 0 Å². The van der Waals surface area contributed by atoms with Gasteiger partial charge in [0.25, 0.3) is 0 Å². The first kappa shape index (κ1) is 16.8. The zero-order valence-electron chi connectivity index (χ0n) is 14.6. The molecule has 0 unspecified atom stereocenters. The van der Waals surface area contributed by atoms with Crippen LogP contribution in [0.5, 0.6) is 17.2 Å². The molecule has 3 rings (SSSR count). The van der Waals surface area contributed by atoms with Crippen molar-refractivity contribution in [1.82, 2.24) is 14.4 Å². The van der Waals surface area contributed by atoms with Gasteiger partial charge in [0.05, 0.1) is 27.0 Å². The van der Waals surface area contributed by atoms with Gasteiger partial charge in [0.1, 0.15) is 5.69 Å². The maximum absolute atomic E-state index is 13.2. The Kier molecular flexibility index (Phi) is 4.56. The van der Waals surface area contributed by atoms with E-state index in [1.54, 1.807) is 35.0 Å². The highest BCUT2D eigenvalue weighted by Gasteiger charge is 2.23. The maximum Gasteiger partial charge on any atom is 0.234 e. The fraction of sp³-hybridized carbons (Fsp3) is 0.278. The molecule has 0 N–H and O–H groups in total. The molecule has 0 bridgehead atoms. The van der Waals surface area contributed by atoms with E-state index in [9.17, 15) is 4.79 Å². The van der Waals surface area contributed by atoms with Gasteiger partial charge >= 0.3 is 0 Å². The first-order valence-corrected chi connectivity index (χ1v) is 7.81. The van der Waals surface area contributed by atoms with E-state index in [1.165, 1.54) is 21.3 Å². The Bertz CT molecular complexity index is 908. The second kappa shape index (κ2) is 6.80. The smallest absolute Gasteiger partial charge is 0.234 e. The number of methoxy groups -OCH3 is 3. The van der Waals surface area contributed by atoms with E-state index in [0.717, 1.165) is 0 Å². The number of hydrogen-bond donors (Lipinski definition) is 0. The van der Waals surface area contributed by atoms with E-state index >= 15 is 0 Å². The summed E-state index contributed by atoms with van der Waals surface area (Å²) in [6.45, 7) is 1.95. The predicted molar refractivity (Wildman–Crippen MR) is 91.9 cm³/mol. The van der Waals surface area contributed by atoms with Crippen molar-refractivity contribution in [1.29, 1.82) is 0 Å². The summed E-state index contributed by atoms with van der Waals surface area (Å²) in [6.07, 6.45) is 4.05. The molecular formula is C18H19N3O4. The standard InChI is InChI=1S/C18H19N3O4/c1-5-12-15(21-8-6-7-19-18(21)20-12)16(22)11-9-13(23-2)17(25-4)14(10-11)24-3/h6-10H,5H2,1-4H3. The van der Waals surface area contributed by atoms with Crippen LogP contribution in [0.3, 0.4) is 0 Å². The molecule has 0 fully saturated rings. The molecule has 3 aromatic rings. The number of carbonyl (C=O) groups excluding carboxylic acids is 1. The van der Waals surface area contributed by atoms with Crippen molar-refractivity contribution < 1.29 is 19.0 Å². The Morgan fingerprint density at radius 3 is 2.36 bits per heavy atom. The van der Waals surface area contributed by atoms with Crippen molar-refractivity contribution in [2.45, 2.75) is 13.3 Å². The van der Waals surface area contributed by atoms with Gasteiger partial charge in [-0.2, -0.15) is 0 Å². The minimum atomic E-state index is -0.184. The van der Waals surface area contributed by atoms with Gasteiger partial charge in [0, 0.05) is 18.0 Å². The monoisotopic (exact) mass is 341 g/mol. The van der Waals surface area contributed by atoms with Gasteiger partial charge in [0.15, 0.2) is 11.5 Å². The lowest BCUT2D eigenvalue weighted by Crippen LogP contribution is -2.09. The molecule has 0 aliphatic rings. The fourth-order valence-corrected chi connectivity index (χ4v) is 2.77. The summed E-state index contributed by atoms with van der Waals surface area (Å²) in [4.78, 5) is 21.8. The molecule has 7 heteroatoms. The van der Waals surface area contributed by atoms with Crippen LogP contribution in [-0.4, -0.2) is 41.5 Å². The lowest BCUT2D eigenvalue weighted by molar-refractivity contribution is 0.103. The van der Waals surface area contributed by atoms with Gasteiger partial charge in [-0.3, -0.25) is 9.20 Å². The average Bonchev–Trinajstić information content (AvgIpc) is 3.04. The van der Waals surface area contributed by atoms with Gasteiger partial charge < -0.3 is 14.2 Å². The van der Waals surface area contributed by atoms with Gasteiger partial charge in [-0.05, 0) is 24.6 Å². The van der Waals surface area contributed by atoms with Crippen LogP contribution in [0.15, 0.2) is 30.6 Å². The number of aromatic nitrogens is 3. The number of aryl methyl sites for hydroxylation is 1. The molecule has 0 amide bonds. The van der Waals surface area contributed by atoms with E-state index < -0.39 is 0 Å². The average molecular weight is 341 g/mol. The summed E-state index contributed by atoms with van der Waals surface area (Å²) in [7, 11) is 4.55. The molecule has 0 spiro atoms. The predicted octanol–water partition coefficient (Wildman–Crippen LogP) is 2.55. The van der Waals surface area contributed by atoms with Crippen LogP contribution in [0.25, 0.3) is 5.78 Å². The SMILES string of the molecule is CCc1nc2ncccn2c1C(=O)c1cc(OC)c(OC)c(OC)c1. The van der Waals surface area contributed by atoms with Crippen LogP contribution < -0.4 is 14.2 Å². The van der Waals surface area contributed by atoms with E-state index in [-0.39, 0.29) is 5.78 Å². The third-order valence-electron chi connectivity index (χ3n) is 3.95. The molecule has 7 nitrogen and oxygen atoms in total. The summed E-state index contributed by atoms with van der Waals surface area (Å²) < 4.78 is 17.7. The largest absolute Gasteiger partial charge is 0.493 e. The first-order chi connectivity index (χ1) is 12.1. The molecule has 0 saturated carbocycles. The van der Waals surface area contributed by atoms with Gasteiger partial charge in [0.2, 0.25) is 17.3 Å². The molecule has 0 aliphatic heterocycles. The van der Waals surface area contributed by atoms with Crippen LogP contribution in [0, 0.1) is 0 Å². The van der Waals surface area contributed by atoms with Gasteiger partial charge in [-0.1, -0.05) is 6.92 Å². The molecule has 2 heterocycles. The number of ketones is 1. The number of benzene rings is 1. The molecule has 130 valence electrons. The molecule has 0 saturated heterocycles. The number of nitrogens with zero attached hydrogens (tertiary/aromatic N) is 3. The second-order valence-electron chi connectivity index (χ2n) is 5.29. The van der Waals surface area contributed by atoms with Gasteiger partial charge in [-0.15, -0.1) is 0 Å². The quantitative estimate of drug-likeness (QED) is 0.642. The lowest BCUT2D eigenvalue weighted by atomic mass is 10.0. The number of imidazole rings is 1. The summed E-state index contributed by atoms with van der Waals surface area (Å²) in [5.74, 6) is 1.61. The summed E-state index contributed by atoms with van der Waals surface area (Å²) in [6, 6.07) is 5.04. The molecule has 0 atom stereocenters. The van der Waals surface area contributed by atoms with Crippen LogP contribution >= 0.6 is 0 Å². The Morgan fingerprint density at radius 2 is 1.80 bits per heavy atom. The normalized spacial score (nSPS) is 10.7. The van der Waals surface area contributed by atoms with Crippen molar-refractivity contribution in [2.24, 2.45) is 0 Å². The van der Waals surface area contributed by atoms with E-state index in [0.29, 0.717) is 46.4 Å². The highest BCUT2D eigenvalue weighted by molar-refractivity contribution is 6.09. The Morgan fingerprint density at radius 1 is 1.12 bits per heavy atom. The summed E-state index contributed by atoms with van der Waals surface area (Å²) in [5.41, 5.74) is 1.60. The Balaban J connectivity index is 2.19. The van der Waals surface area contributed by atoms with Crippen molar-refractivity contribution >= 4 is 11.6 Å². The minimum Gasteiger partial charge on any atom is -0.493 e. The van der Waals surface area contributed by atoms with Crippen molar-refractivity contribution in [3.05, 3.63) is 47.5 Å². The Labute approximate surface area is 145 Å². The van der Waals surface area contributed by atoms with Crippen molar-refractivity contribution in [3.8, 4) is 17.2 Å². The van der Waals surface area contributed by atoms with Crippen LogP contribution in [-0.2, 0) is 6.42 Å². The molecule has 0 radical (unpaired) electrons. The van der Waals surface area contributed by atoms with E-state index in [2.05, 4.69) is 9.97 Å². The molecule has 25 heavy (non-hydrogen) atoms. The Hall–Kier alpha value is -3.09. The third-order valence-corrected chi connectivity index (χ3v) is 3.95. The molecular weight excluding hydrogens is 322 g/mol. The number of carbonyl (C=O) groups is 1. The van der Waals surface area contributed by atoms with Crippen molar-refractivity contribution in [3.63, 3.8) is 0 Å². The molecule has 2 aromatic heterocycles. The van der Waals surface area contributed by atoms with Crippen LogP contribution in [0.1, 0.15) is 28.7 Å². The van der Waals surface area contributed by atoms with E-state index in [4.69, 9.17) is 14.2 Å². The number of fused-ring (bicyclic) bond motifs is 1. The first-order valence-electron chi connectivity index (χ1n) is 7.81. The van der Waals surface area contributed by atoms with E-state index in [1.807, 2.05) is 6.92 Å². The summed E-state index contributed by atoms with van der Waals surface area (Å²) >= 11 is 0. The number of hydrogen-bond acceptors (Lipinski definition) is 6. The highest BCUT2D eigenvalue weighted by atomic mass is 16.5. The lowest BCUT2D eigenvalue weighted by Gasteiger charge is -2.14. The zero-order valence-corrected chi connectivity index (χ0v) is 14.6. The van der Waals surface area contributed by atoms with Crippen molar-refractivity contribution in [2.75, 3.05) is 21.3 Å². The number of ether oxygens (including phenoxy) is 3. The van der Waals surface area contributed by atoms with Crippen LogP contribution in [0.2, 0.25) is 0 Å². The third kappa shape index (κ3) is 2.77. The minimum absolute atomic E-state index is 0.184. The molecule has 0 aliphatic carbocycles. The molecule has 1 aromatic carbocycles. The summed E-state index contributed by atoms with van der Waals surface area (Å²) in [5, 5.41) is 0. The zero-order chi connectivity index (χ0) is 18.0. The maximum atomic E-state index is 13.2. The number of rotatable bonds is 6. The fourth-order valence-electron chi connectivity index (χ4n) is 2.77. The van der Waals surface area contributed by atoms with Gasteiger partial charge in [-0.25, -0.2) is 9.97 Å². The topological polar surface area (TPSA) is 75.0 Å². The highest BCUT2D eigenvalue weighted by Crippen LogP contribution is 2.38. The second-order valence-corrected chi connectivity index (χ2v) is 5.29.